The van der Waals surface area contributed by atoms with Crippen LogP contribution in [-0.4, -0.2) is 6.10 Å². The van der Waals surface area contributed by atoms with Gasteiger partial charge in [0, 0.05) is 5.56 Å². The summed E-state index contributed by atoms with van der Waals surface area (Å²) >= 11 is 0. The van der Waals surface area contributed by atoms with Crippen molar-refractivity contribution >= 4 is 11.1 Å². The van der Waals surface area contributed by atoms with Gasteiger partial charge in [-0.1, -0.05) is 72.3 Å². The Morgan fingerprint density at radius 1 is 0.769 bits per heavy atom. The molecule has 2 atom stereocenters. The monoisotopic (exact) mass is 334 g/mol. The molecule has 0 amide bonds. The minimum absolute atomic E-state index is 0.101. The molecule has 1 aliphatic heterocycles. The average molecular weight is 334 g/mol. The Bertz CT molecular complexity index is 1120. The zero-order valence-electron chi connectivity index (χ0n) is 14.6. The first-order chi connectivity index (χ1) is 12.8. The van der Waals surface area contributed by atoms with Crippen LogP contribution in [0.25, 0.3) is 22.3 Å². The van der Waals surface area contributed by atoms with Crippen LogP contribution in [0.15, 0.2) is 78.9 Å². The van der Waals surface area contributed by atoms with Gasteiger partial charge in [-0.2, -0.15) is 0 Å². The second-order valence-corrected chi connectivity index (χ2v) is 7.38. The zero-order valence-corrected chi connectivity index (χ0v) is 14.6. The molecule has 124 valence electrons. The van der Waals surface area contributed by atoms with Crippen molar-refractivity contribution in [3.8, 4) is 16.9 Å². The summed E-state index contributed by atoms with van der Waals surface area (Å²) in [6.07, 6.45) is 4.60. The summed E-state index contributed by atoms with van der Waals surface area (Å²) < 4.78 is 6.32. The summed E-state index contributed by atoms with van der Waals surface area (Å²) in [4.78, 5) is 0. The second kappa shape index (κ2) is 4.98. The molecule has 2 aliphatic carbocycles. The van der Waals surface area contributed by atoms with Gasteiger partial charge in [-0.3, -0.25) is 0 Å². The van der Waals surface area contributed by atoms with E-state index in [2.05, 4.69) is 85.8 Å². The van der Waals surface area contributed by atoms with Crippen molar-refractivity contribution in [2.24, 2.45) is 0 Å². The van der Waals surface area contributed by atoms with Crippen molar-refractivity contribution in [2.75, 3.05) is 0 Å². The summed E-state index contributed by atoms with van der Waals surface area (Å²) in [7, 11) is 0. The number of allylic oxidation sites excluding steroid dienone is 2. The van der Waals surface area contributed by atoms with Gasteiger partial charge < -0.3 is 4.74 Å². The highest BCUT2D eigenvalue weighted by Gasteiger charge is 2.44. The van der Waals surface area contributed by atoms with Crippen molar-refractivity contribution in [1.29, 1.82) is 0 Å². The highest BCUT2D eigenvalue weighted by molar-refractivity contribution is 6.06. The first kappa shape index (κ1) is 14.1. The van der Waals surface area contributed by atoms with Gasteiger partial charge in [0.25, 0.3) is 0 Å². The molecule has 3 aliphatic rings. The van der Waals surface area contributed by atoms with Gasteiger partial charge >= 0.3 is 0 Å². The van der Waals surface area contributed by atoms with Gasteiger partial charge in [0.05, 0.1) is 5.92 Å². The number of benzene rings is 3. The molecule has 3 aromatic carbocycles. The summed E-state index contributed by atoms with van der Waals surface area (Å²) in [5.74, 6) is 1.33. The van der Waals surface area contributed by atoms with Crippen LogP contribution < -0.4 is 4.74 Å². The third-order valence-electron chi connectivity index (χ3n) is 5.89. The lowest BCUT2D eigenvalue weighted by molar-refractivity contribution is 0.272. The van der Waals surface area contributed by atoms with E-state index in [0.717, 1.165) is 5.75 Å². The van der Waals surface area contributed by atoms with Crippen LogP contribution >= 0.6 is 0 Å². The molecule has 1 nitrogen and oxygen atoms in total. The van der Waals surface area contributed by atoms with E-state index in [0.29, 0.717) is 0 Å². The molecule has 0 saturated heterocycles. The maximum atomic E-state index is 6.32. The van der Waals surface area contributed by atoms with Gasteiger partial charge in [0.2, 0.25) is 0 Å². The molecule has 0 saturated carbocycles. The van der Waals surface area contributed by atoms with E-state index in [1.807, 2.05) is 0 Å². The number of fused-ring (bicyclic) bond motifs is 3. The summed E-state index contributed by atoms with van der Waals surface area (Å²) in [6, 6.07) is 24.1. The van der Waals surface area contributed by atoms with Crippen LogP contribution in [0.4, 0.5) is 0 Å². The van der Waals surface area contributed by atoms with Gasteiger partial charge in [0.15, 0.2) is 0 Å². The Morgan fingerprint density at radius 3 is 2.38 bits per heavy atom. The molecule has 1 heterocycles. The Hall–Kier alpha value is -3.06. The molecule has 0 spiro atoms. The fourth-order valence-corrected chi connectivity index (χ4v) is 4.74. The van der Waals surface area contributed by atoms with Crippen molar-refractivity contribution in [3.05, 3.63) is 101 Å². The highest BCUT2D eigenvalue weighted by Crippen LogP contribution is 2.58. The highest BCUT2D eigenvalue weighted by atomic mass is 16.5. The Labute approximate surface area is 153 Å². The quantitative estimate of drug-likeness (QED) is 0.530. The van der Waals surface area contributed by atoms with E-state index in [4.69, 9.17) is 4.74 Å². The molecule has 26 heavy (non-hydrogen) atoms. The molecular formula is C25H18O. The Morgan fingerprint density at radius 2 is 1.54 bits per heavy atom. The summed E-state index contributed by atoms with van der Waals surface area (Å²) in [6.45, 7) is 2.14. The van der Waals surface area contributed by atoms with E-state index in [1.165, 1.54) is 44.5 Å². The standard InChI is InChI=1S/C25H18O/c1-15-9-11-16(12-10-15)17-13-14-22-25-23(17)19-6-3-2-5-18(19)20-7-4-8-21(26-22)24(20)25/h2-14,22,25H,1H3. The average Bonchev–Trinajstić information content (AvgIpc) is 3.07. The predicted molar refractivity (Wildman–Crippen MR) is 106 cm³/mol. The topological polar surface area (TPSA) is 9.23 Å². The molecular weight excluding hydrogens is 316 g/mol. The van der Waals surface area contributed by atoms with Crippen molar-refractivity contribution in [3.63, 3.8) is 0 Å². The van der Waals surface area contributed by atoms with E-state index in [-0.39, 0.29) is 12.0 Å². The molecule has 0 N–H and O–H groups in total. The van der Waals surface area contributed by atoms with E-state index >= 15 is 0 Å². The normalized spacial score (nSPS) is 21.3. The van der Waals surface area contributed by atoms with Crippen LogP contribution in [0, 0.1) is 6.92 Å². The summed E-state index contributed by atoms with van der Waals surface area (Å²) in [5.41, 5.74) is 10.7. The van der Waals surface area contributed by atoms with Gasteiger partial charge in [-0.25, -0.2) is 0 Å². The third kappa shape index (κ3) is 1.75. The molecule has 6 rings (SSSR count). The van der Waals surface area contributed by atoms with E-state index in [9.17, 15) is 0 Å². The number of ether oxygens (including phenoxy) is 1. The lowest BCUT2D eigenvalue weighted by Crippen LogP contribution is -2.23. The molecule has 0 bridgehead atoms. The van der Waals surface area contributed by atoms with E-state index < -0.39 is 0 Å². The SMILES string of the molecule is Cc1ccc(C2=C3c4ccccc4-c4cccc5c4C3C(C=C2)O5)cc1. The van der Waals surface area contributed by atoms with Crippen molar-refractivity contribution in [2.45, 2.75) is 18.9 Å². The molecule has 0 radical (unpaired) electrons. The molecule has 1 heteroatoms. The molecule has 2 unspecified atom stereocenters. The lowest BCUT2D eigenvalue weighted by atomic mass is 9.69. The Kier molecular flexibility index (Phi) is 2.71. The zero-order chi connectivity index (χ0) is 17.3. The van der Waals surface area contributed by atoms with Gasteiger partial charge in [0.1, 0.15) is 11.9 Å². The van der Waals surface area contributed by atoms with Crippen LogP contribution in [0.2, 0.25) is 0 Å². The van der Waals surface area contributed by atoms with Crippen LogP contribution in [-0.2, 0) is 0 Å². The van der Waals surface area contributed by atoms with Gasteiger partial charge in [-0.05, 0) is 52.5 Å². The number of aryl methyl sites for hydroxylation is 1. The minimum atomic E-state index is 0.101. The summed E-state index contributed by atoms with van der Waals surface area (Å²) in [5, 5.41) is 0. The smallest absolute Gasteiger partial charge is 0.128 e. The van der Waals surface area contributed by atoms with E-state index in [1.54, 1.807) is 0 Å². The first-order valence-corrected chi connectivity index (χ1v) is 9.20. The third-order valence-corrected chi connectivity index (χ3v) is 5.89. The number of hydrogen-bond donors (Lipinski definition) is 0. The predicted octanol–water partition coefficient (Wildman–Crippen LogP) is 6.00. The second-order valence-electron chi connectivity index (χ2n) is 7.38. The number of rotatable bonds is 1. The van der Waals surface area contributed by atoms with Gasteiger partial charge in [-0.15, -0.1) is 0 Å². The first-order valence-electron chi connectivity index (χ1n) is 9.20. The fourth-order valence-electron chi connectivity index (χ4n) is 4.74. The van der Waals surface area contributed by atoms with Crippen LogP contribution in [0.3, 0.4) is 0 Å². The van der Waals surface area contributed by atoms with Crippen LogP contribution in [0.1, 0.15) is 28.2 Å². The maximum Gasteiger partial charge on any atom is 0.128 e. The van der Waals surface area contributed by atoms with Crippen molar-refractivity contribution in [1.82, 2.24) is 0 Å². The largest absolute Gasteiger partial charge is 0.485 e. The Balaban J connectivity index is 1.71. The molecule has 0 aromatic heterocycles. The molecule has 3 aromatic rings. The van der Waals surface area contributed by atoms with Crippen LogP contribution in [0.5, 0.6) is 5.75 Å². The van der Waals surface area contributed by atoms with Crippen molar-refractivity contribution < 1.29 is 4.74 Å². The lowest BCUT2D eigenvalue weighted by Gasteiger charge is -2.32. The maximum absolute atomic E-state index is 6.32. The minimum Gasteiger partial charge on any atom is -0.485 e. The fraction of sp³-hybridized carbons (Fsp3) is 0.120. The molecule has 0 fully saturated rings. The number of hydrogen-bond acceptors (Lipinski definition) is 1.